The van der Waals surface area contributed by atoms with Gasteiger partial charge in [0.1, 0.15) is 0 Å². The molecule has 0 aliphatic heterocycles. The summed E-state index contributed by atoms with van der Waals surface area (Å²) in [5, 5.41) is 0. The van der Waals surface area contributed by atoms with Crippen LogP contribution in [0.2, 0.25) is 0 Å². The lowest BCUT2D eigenvalue weighted by Crippen LogP contribution is -1.93. The molecule has 0 spiro atoms. The summed E-state index contributed by atoms with van der Waals surface area (Å²) < 4.78 is 0. The van der Waals surface area contributed by atoms with E-state index in [0.29, 0.717) is 0 Å². The fraction of sp³-hybridized carbons (Fsp3) is 0.571. The number of ketones is 1. The van der Waals surface area contributed by atoms with Gasteiger partial charge in [-0.15, -0.1) is 11.8 Å². The van der Waals surface area contributed by atoms with Gasteiger partial charge in [0.15, 0.2) is 5.78 Å². The van der Waals surface area contributed by atoms with Gasteiger partial charge in [0.25, 0.3) is 0 Å². The molecule has 1 nitrogen and oxygen atoms in total. The average molecular weight is 521 g/mol. The Bertz CT molecular complexity index is 850. The molecule has 0 saturated heterocycles. The summed E-state index contributed by atoms with van der Waals surface area (Å²) in [7, 11) is 0. The number of rotatable bonds is 22. The Hall–Kier alpha value is -1.80. The number of benzene rings is 2. The molecule has 0 amide bonds. The van der Waals surface area contributed by atoms with Gasteiger partial charge in [-0.05, 0) is 66.5 Å². The molecule has 0 heterocycles. The van der Waals surface area contributed by atoms with E-state index in [4.69, 9.17) is 0 Å². The molecule has 37 heavy (non-hydrogen) atoms. The minimum Gasteiger partial charge on any atom is -0.289 e. The summed E-state index contributed by atoms with van der Waals surface area (Å²) in [4.78, 5) is 13.8. The van der Waals surface area contributed by atoms with E-state index in [0.717, 1.165) is 17.5 Å². The van der Waals surface area contributed by atoms with Crippen molar-refractivity contribution in [2.24, 2.45) is 0 Å². The van der Waals surface area contributed by atoms with Crippen molar-refractivity contribution in [3.05, 3.63) is 71.3 Å². The van der Waals surface area contributed by atoms with Crippen molar-refractivity contribution in [3.8, 4) is 0 Å². The van der Waals surface area contributed by atoms with Crippen molar-refractivity contribution in [1.82, 2.24) is 0 Å². The van der Waals surface area contributed by atoms with Gasteiger partial charge in [-0.3, -0.25) is 4.79 Å². The van der Waals surface area contributed by atoms with E-state index in [9.17, 15) is 4.79 Å². The summed E-state index contributed by atoms with van der Waals surface area (Å²) >= 11 is 1.91. The van der Waals surface area contributed by atoms with Gasteiger partial charge in [-0.25, -0.2) is 0 Å². The van der Waals surface area contributed by atoms with Gasteiger partial charge in [-0.2, -0.15) is 0 Å². The topological polar surface area (TPSA) is 17.1 Å². The third-order valence-electron chi connectivity index (χ3n) is 7.13. The Morgan fingerprint density at radius 1 is 0.622 bits per heavy atom. The van der Waals surface area contributed by atoms with Crippen LogP contribution in [0, 0.1) is 0 Å². The lowest BCUT2D eigenvalue weighted by atomic mass is 10.0. The highest BCUT2D eigenvalue weighted by Gasteiger charge is 2.03. The maximum atomic E-state index is 12.6. The molecule has 0 aliphatic carbocycles. The highest BCUT2D eigenvalue weighted by atomic mass is 32.2. The van der Waals surface area contributed by atoms with Crippen LogP contribution in [0.5, 0.6) is 0 Å². The molecule has 0 aromatic heterocycles. The van der Waals surface area contributed by atoms with Crippen LogP contribution in [0.1, 0.15) is 138 Å². The first-order valence-corrected chi connectivity index (χ1v) is 16.3. The lowest BCUT2D eigenvalue weighted by molar-refractivity contribution is 0.104. The Labute approximate surface area is 232 Å². The first-order valence-electron chi connectivity index (χ1n) is 15.3. The number of carbonyl (C=O) groups is 1. The normalized spacial score (nSPS) is 11.4. The third kappa shape index (κ3) is 15.3. The van der Waals surface area contributed by atoms with Crippen LogP contribution in [-0.4, -0.2) is 11.5 Å². The molecule has 0 aliphatic rings. The van der Waals surface area contributed by atoms with Crippen molar-refractivity contribution >= 4 is 23.6 Å². The summed E-state index contributed by atoms with van der Waals surface area (Å²) in [5.41, 5.74) is 3.22. The monoisotopic (exact) mass is 520 g/mol. The number of allylic oxidation sites excluding steroid dienone is 1. The van der Waals surface area contributed by atoms with Crippen LogP contribution in [0.3, 0.4) is 0 Å². The minimum atomic E-state index is 0.0695. The molecular formula is C35H52OS. The zero-order valence-corrected chi connectivity index (χ0v) is 24.6. The van der Waals surface area contributed by atoms with Crippen molar-refractivity contribution in [2.75, 3.05) is 5.75 Å². The zero-order chi connectivity index (χ0) is 26.4. The molecule has 2 aromatic rings. The molecule has 0 unspecified atom stereocenters. The van der Waals surface area contributed by atoms with Crippen LogP contribution in [-0.2, 0) is 6.42 Å². The SMILES string of the molecule is CCCCCCCCCCCCCCCSc1ccc(C(=O)C=Cc2ccc(CCCCC)cc2)cc1. The molecule has 0 fully saturated rings. The molecule has 204 valence electrons. The summed E-state index contributed by atoms with van der Waals surface area (Å²) in [6.07, 6.45) is 26.7. The second-order valence-electron chi connectivity index (χ2n) is 10.5. The van der Waals surface area contributed by atoms with Crippen molar-refractivity contribution in [2.45, 2.75) is 128 Å². The largest absolute Gasteiger partial charge is 0.289 e. The smallest absolute Gasteiger partial charge is 0.185 e. The van der Waals surface area contributed by atoms with E-state index in [1.165, 1.54) is 119 Å². The fourth-order valence-electron chi connectivity index (χ4n) is 4.67. The number of carbonyl (C=O) groups excluding carboxylic acids is 1. The van der Waals surface area contributed by atoms with Gasteiger partial charge in [0.05, 0.1) is 0 Å². The number of hydrogen-bond donors (Lipinski definition) is 0. The molecule has 0 saturated carbocycles. The van der Waals surface area contributed by atoms with Gasteiger partial charge >= 0.3 is 0 Å². The molecule has 0 atom stereocenters. The van der Waals surface area contributed by atoms with Gasteiger partial charge in [-0.1, -0.05) is 134 Å². The van der Waals surface area contributed by atoms with Crippen molar-refractivity contribution < 1.29 is 4.79 Å². The van der Waals surface area contributed by atoms with Crippen LogP contribution in [0.15, 0.2) is 59.5 Å². The Kier molecular flexibility index (Phi) is 18.0. The molecular weight excluding hydrogens is 468 g/mol. The summed E-state index contributed by atoms with van der Waals surface area (Å²) in [6.45, 7) is 4.52. The third-order valence-corrected chi connectivity index (χ3v) is 8.23. The first kappa shape index (κ1) is 31.4. The van der Waals surface area contributed by atoms with Crippen molar-refractivity contribution in [3.63, 3.8) is 0 Å². The standard InChI is InChI=1S/C35H52OS/c1-3-5-7-8-9-10-11-12-13-14-15-16-18-30-37-34-27-25-33(26-28-34)35(36)29-24-32-22-20-31(21-23-32)19-17-6-4-2/h20-29H,3-19,30H2,1-2H3. The number of hydrogen-bond acceptors (Lipinski definition) is 2. The first-order chi connectivity index (χ1) is 18.2. The maximum absolute atomic E-state index is 12.6. The van der Waals surface area contributed by atoms with Gasteiger partial charge in [0.2, 0.25) is 0 Å². The van der Waals surface area contributed by atoms with E-state index in [2.05, 4.69) is 50.2 Å². The maximum Gasteiger partial charge on any atom is 0.185 e. The summed E-state index contributed by atoms with van der Waals surface area (Å²) in [5.74, 6) is 1.24. The Morgan fingerprint density at radius 3 is 1.70 bits per heavy atom. The number of aryl methyl sites for hydroxylation is 1. The second kappa shape index (κ2) is 21.2. The highest BCUT2D eigenvalue weighted by molar-refractivity contribution is 7.99. The van der Waals surface area contributed by atoms with Crippen LogP contribution >= 0.6 is 11.8 Å². The van der Waals surface area contributed by atoms with Gasteiger partial charge in [0, 0.05) is 10.5 Å². The second-order valence-corrected chi connectivity index (χ2v) is 11.7. The van der Waals surface area contributed by atoms with E-state index < -0.39 is 0 Å². The molecule has 2 heteroatoms. The fourth-order valence-corrected chi connectivity index (χ4v) is 5.58. The molecule has 2 rings (SSSR count). The van der Waals surface area contributed by atoms with E-state index in [1.54, 1.807) is 6.08 Å². The Balaban J connectivity index is 1.53. The van der Waals surface area contributed by atoms with Crippen molar-refractivity contribution in [1.29, 1.82) is 0 Å². The highest BCUT2D eigenvalue weighted by Crippen LogP contribution is 2.21. The Morgan fingerprint density at radius 2 is 1.14 bits per heavy atom. The average Bonchev–Trinajstić information content (AvgIpc) is 2.93. The van der Waals surface area contributed by atoms with Gasteiger partial charge < -0.3 is 0 Å². The van der Waals surface area contributed by atoms with Crippen LogP contribution < -0.4 is 0 Å². The van der Waals surface area contributed by atoms with Crippen LogP contribution in [0.4, 0.5) is 0 Å². The molecule has 0 bridgehead atoms. The quantitative estimate of drug-likeness (QED) is 0.0664. The predicted octanol–water partition coefficient (Wildman–Crippen LogP) is 11.5. The summed E-state index contributed by atoms with van der Waals surface area (Å²) in [6, 6.07) is 16.7. The van der Waals surface area contributed by atoms with Crippen LogP contribution in [0.25, 0.3) is 6.08 Å². The molecule has 2 aromatic carbocycles. The molecule has 0 radical (unpaired) electrons. The van der Waals surface area contributed by atoms with E-state index in [-0.39, 0.29) is 5.78 Å². The molecule has 0 N–H and O–H groups in total. The van der Waals surface area contributed by atoms with E-state index >= 15 is 0 Å². The minimum absolute atomic E-state index is 0.0695. The zero-order valence-electron chi connectivity index (χ0n) is 23.8. The lowest BCUT2D eigenvalue weighted by Gasteiger charge is -2.04. The predicted molar refractivity (Wildman–Crippen MR) is 166 cm³/mol. The number of unbranched alkanes of at least 4 members (excludes halogenated alkanes) is 14. The number of thioether (sulfide) groups is 1. The van der Waals surface area contributed by atoms with E-state index in [1.807, 2.05) is 30.0 Å².